The first-order valence-corrected chi connectivity index (χ1v) is 5.28. The number of rotatable bonds is 0. The van der Waals surface area contributed by atoms with Crippen molar-refractivity contribution in [2.75, 3.05) is 0 Å². The average Bonchev–Trinajstić information content (AvgIpc) is 2.12. The maximum absolute atomic E-state index is 13.5. The first-order chi connectivity index (χ1) is 6.82. The van der Waals surface area contributed by atoms with Crippen LogP contribution in [0, 0.1) is 0 Å². The molecule has 0 N–H and O–H groups in total. The van der Waals surface area contributed by atoms with E-state index >= 15 is 0 Å². The van der Waals surface area contributed by atoms with Crippen molar-refractivity contribution < 1.29 is 22.0 Å². The largest absolute Gasteiger partial charge is 0.351 e. The van der Waals surface area contributed by atoms with Crippen LogP contribution < -0.4 is 0 Å². The van der Waals surface area contributed by atoms with Crippen molar-refractivity contribution in [1.29, 1.82) is 0 Å². The highest BCUT2D eigenvalue weighted by Crippen LogP contribution is 2.66. The Morgan fingerprint density at radius 1 is 0.750 bits per heavy atom. The minimum Gasteiger partial charge on any atom is -0.215 e. The summed E-state index contributed by atoms with van der Waals surface area (Å²) >= 11 is 25.0. The smallest absolute Gasteiger partial charge is 0.215 e. The monoisotopic (exact) mass is 342 g/mol. The lowest BCUT2D eigenvalue weighted by Crippen LogP contribution is -2.63. The van der Waals surface area contributed by atoms with Crippen LogP contribution in [0.3, 0.4) is 0 Å². The maximum Gasteiger partial charge on any atom is 0.351 e. The fourth-order valence-corrected chi connectivity index (χ4v) is 2.10. The predicted molar refractivity (Wildman–Crippen MR) is 52.8 cm³/mol. The number of halogens is 10. The normalized spacial score (nSPS) is 36.4. The minimum atomic E-state index is -5.10. The van der Waals surface area contributed by atoms with Gasteiger partial charge in [0.2, 0.25) is 14.5 Å². The van der Waals surface area contributed by atoms with Gasteiger partial charge < -0.3 is 0 Å². The zero-order valence-electron chi connectivity index (χ0n) is 6.78. The average molecular weight is 344 g/mol. The summed E-state index contributed by atoms with van der Waals surface area (Å²) in [5.41, 5.74) is 0. The predicted octanol–water partition coefficient (Wildman–Crippen LogP) is 5.04. The van der Waals surface area contributed by atoms with Crippen LogP contribution in [0.15, 0.2) is 11.7 Å². The van der Waals surface area contributed by atoms with E-state index in [-0.39, 0.29) is 0 Å². The van der Waals surface area contributed by atoms with Crippen LogP contribution in [0.25, 0.3) is 0 Å². The molecule has 0 heterocycles. The van der Waals surface area contributed by atoms with Gasteiger partial charge in [-0.1, -0.05) is 58.0 Å². The second-order valence-corrected chi connectivity index (χ2v) is 6.10. The summed E-state index contributed by atoms with van der Waals surface area (Å²) in [5, 5.41) is -4.41. The van der Waals surface area contributed by atoms with E-state index in [4.69, 9.17) is 58.0 Å². The van der Waals surface area contributed by atoms with Gasteiger partial charge in [-0.25, -0.2) is 13.2 Å². The third-order valence-electron chi connectivity index (χ3n) is 1.93. The van der Waals surface area contributed by atoms with Crippen molar-refractivity contribution in [2.24, 2.45) is 0 Å². The van der Waals surface area contributed by atoms with Gasteiger partial charge >= 0.3 is 5.92 Å². The highest BCUT2D eigenvalue weighted by molar-refractivity contribution is 6.66. The second-order valence-electron chi connectivity index (χ2n) is 2.93. The number of hydrogen-bond donors (Lipinski definition) is 0. The van der Waals surface area contributed by atoms with Crippen molar-refractivity contribution in [1.82, 2.24) is 0 Å². The van der Waals surface area contributed by atoms with Crippen LogP contribution in [-0.4, -0.2) is 19.7 Å². The molecule has 0 aromatic carbocycles. The van der Waals surface area contributed by atoms with Crippen molar-refractivity contribution in [3.8, 4) is 0 Å². The highest BCUT2D eigenvalue weighted by atomic mass is 35.5. The van der Waals surface area contributed by atoms with E-state index in [1.165, 1.54) is 0 Å². The lowest BCUT2D eigenvalue weighted by atomic mass is 9.97. The molecule has 0 aromatic rings. The van der Waals surface area contributed by atoms with Crippen molar-refractivity contribution in [2.45, 2.75) is 19.7 Å². The molecule has 10 heteroatoms. The van der Waals surface area contributed by atoms with Crippen molar-refractivity contribution >= 4 is 58.0 Å². The Balaban J connectivity index is 3.64. The molecule has 1 aliphatic carbocycles. The third kappa shape index (κ3) is 1.48. The fourth-order valence-electron chi connectivity index (χ4n) is 0.946. The molecule has 0 fully saturated rings. The maximum atomic E-state index is 13.5. The Kier molecular flexibility index (Phi) is 3.42. The van der Waals surface area contributed by atoms with Gasteiger partial charge in [-0.05, 0) is 0 Å². The fraction of sp³-hybridized carbons (Fsp3) is 0.667. The molecule has 0 saturated carbocycles. The molecule has 0 radical (unpaired) electrons. The quantitative estimate of drug-likeness (QED) is 0.427. The van der Waals surface area contributed by atoms with E-state index in [9.17, 15) is 22.0 Å². The van der Waals surface area contributed by atoms with Gasteiger partial charge in [-0.15, -0.1) is 0 Å². The molecule has 0 bridgehead atoms. The number of hydrogen-bond acceptors (Lipinski definition) is 0. The van der Waals surface area contributed by atoms with Crippen LogP contribution in [0.1, 0.15) is 0 Å². The van der Waals surface area contributed by atoms with E-state index < -0.39 is 31.4 Å². The summed E-state index contributed by atoms with van der Waals surface area (Å²) in [6.07, 6.45) is 0. The Morgan fingerprint density at radius 2 is 1.12 bits per heavy atom. The van der Waals surface area contributed by atoms with Gasteiger partial charge in [0.15, 0.2) is 5.83 Å². The first-order valence-electron chi connectivity index (χ1n) is 3.39. The van der Waals surface area contributed by atoms with Gasteiger partial charge in [0.25, 0.3) is 5.13 Å². The highest BCUT2D eigenvalue weighted by Gasteiger charge is 2.80. The second kappa shape index (κ2) is 3.67. The topological polar surface area (TPSA) is 0 Å². The van der Waals surface area contributed by atoms with Gasteiger partial charge in [0.05, 0.1) is 0 Å². The molecule has 1 aliphatic rings. The summed E-state index contributed by atoms with van der Waals surface area (Å²) in [4.78, 5) is 0. The van der Waals surface area contributed by atoms with Crippen LogP contribution in [0.2, 0.25) is 0 Å². The van der Waals surface area contributed by atoms with Crippen LogP contribution in [0.4, 0.5) is 22.0 Å². The van der Waals surface area contributed by atoms with Gasteiger partial charge in [-0.2, -0.15) is 8.78 Å². The van der Waals surface area contributed by atoms with E-state index in [0.717, 1.165) is 0 Å². The molecular weight excluding hydrogens is 344 g/mol. The summed E-state index contributed by atoms with van der Waals surface area (Å²) in [6, 6.07) is 0. The summed E-state index contributed by atoms with van der Waals surface area (Å²) < 4.78 is 58.6. The van der Waals surface area contributed by atoms with Crippen LogP contribution in [-0.2, 0) is 0 Å². The zero-order chi connectivity index (χ0) is 13.2. The molecule has 0 spiro atoms. The van der Waals surface area contributed by atoms with E-state index in [1.54, 1.807) is 0 Å². The molecular formula is C6Cl5F5. The first kappa shape index (κ1) is 14.9. The molecule has 1 rings (SSSR count). The number of alkyl halides is 8. The Labute approximate surface area is 111 Å². The van der Waals surface area contributed by atoms with Crippen molar-refractivity contribution in [3.05, 3.63) is 11.7 Å². The molecule has 0 aliphatic heterocycles. The summed E-state index contributed by atoms with van der Waals surface area (Å²) in [7, 11) is 0. The Morgan fingerprint density at radius 3 is 1.50 bits per heavy atom. The van der Waals surface area contributed by atoms with Gasteiger partial charge in [0.1, 0.15) is 0 Å². The molecule has 0 aromatic heterocycles. The molecule has 1 unspecified atom stereocenters. The Hall–Kier alpha value is 0.840. The summed E-state index contributed by atoms with van der Waals surface area (Å²) in [5.74, 6) is -10.3. The molecule has 0 amide bonds. The molecule has 16 heavy (non-hydrogen) atoms. The van der Waals surface area contributed by atoms with E-state index in [1.807, 2.05) is 0 Å². The standard InChI is InChI=1S/C6Cl5F5/c7-3(8)1(12)2(13)4(14,15)6(11,16)5(3,9)10. The molecule has 1 atom stereocenters. The van der Waals surface area contributed by atoms with E-state index in [0.29, 0.717) is 0 Å². The minimum absolute atomic E-state index is 2.39. The summed E-state index contributed by atoms with van der Waals surface area (Å²) in [6.45, 7) is 0. The molecule has 0 saturated heterocycles. The lowest BCUT2D eigenvalue weighted by molar-refractivity contribution is -0.0974. The molecule has 0 nitrogen and oxygen atoms in total. The van der Waals surface area contributed by atoms with Gasteiger partial charge in [0, 0.05) is 0 Å². The van der Waals surface area contributed by atoms with Crippen molar-refractivity contribution in [3.63, 3.8) is 0 Å². The van der Waals surface area contributed by atoms with Gasteiger partial charge in [-0.3, -0.25) is 0 Å². The van der Waals surface area contributed by atoms with Crippen LogP contribution >= 0.6 is 58.0 Å². The van der Waals surface area contributed by atoms with Crippen LogP contribution in [0.5, 0.6) is 0 Å². The zero-order valence-corrected chi connectivity index (χ0v) is 10.6. The van der Waals surface area contributed by atoms with E-state index in [2.05, 4.69) is 0 Å². The third-order valence-corrected chi connectivity index (χ3v) is 5.01. The Bertz CT molecular complexity index is 326. The molecule has 94 valence electrons. The number of allylic oxidation sites excluding steroid dienone is 2. The SMILES string of the molecule is FC1=C(F)C(Cl)(Cl)C(Cl)(Cl)C(F)(Cl)C1(F)F. The lowest BCUT2D eigenvalue weighted by Gasteiger charge is -2.45.